The Morgan fingerprint density at radius 1 is 0.645 bits per heavy atom. The Balaban J connectivity index is 1.45. The third kappa shape index (κ3) is 6.17. The van der Waals surface area contributed by atoms with E-state index in [0.717, 1.165) is 0 Å². The lowest BCUT2D eigenvalue weighted by Crippen LogP contribution is -2.34. The predicted molar refractivity (Wildman–Crippen MR) is 118 cm³/mol. The molecule has 3 amide bonds. The lowest BCUT2D eigenvalue weighted by Gasteiger charge is -2.09. The van der Waals surface area contributed by atoms with Gasteiger partial charge < -0.3 is 20.7 Å². The zero-order chi connectivity index (χ0) is 22.1. The molecule has 31 heavy (non-hydrogen) atoms. The predicted octanol–water partition coefficient (Wildman–Crippen LogP) is 3.11. The summed E-state index contributed by atoms with van der Waals surface area (Å²) in [6, 6.07) is 22.2. The molecular formula is C24H23N3O4. The molecule has 0 bridgehead atoms. The van der Waals surface area contributed by atoms with Gasteiger partial charge in [0.1, 0.15) is 5.75 Å². The summed E-state index contributed by atoms with van der Waals surface area (Å²) in [5.41, 5.74) is 2.10. The maximum absolute atomic E-state index is 12.3. The first-order valence-corrected chi connectivity index (χ1v) is 9.74. The Kier molecular flexibility index (Phi) is 7.37. The van der Waals surface area contributed by atoms with Gasteiger partial charge in [0.05, 0.1) is 7.11 Å². The van der Waals surface area contributed by atoms with Crippen LogP contribution in [-0.4, -0.2) is 37.9 Å². The van der Waals surface area contributed by atoms with Crippen LogP contribution in [0.1, 0.15) is 31.1 Å². The molecule has 0 radical (unpaired) electrons. The molecule has 0 aliphatic rings. The minimum atomic E-state index is -0.262. The van der Waals surface area contributed by atoms with Gasteiger partial charge in [0.25, 0.3) is 17.7 Å². The van der Waals surface area contributed by atoms with Gasteiger partial charge >= 0.3 is 0 Å². The minimum absolute atomic E-state index is 0.188. The Morgan fingerprint density at radius 2 is 1.13 bits per heavy atom. The number of benzene rings is 3. The second-order valence-corrected chi connectivity index (χ2v) is 6.64. The van der Waals surface area contributed by atoms with E-state index in [-0.39, 0.29) is 17.7 Å². The number of carbonyl (C=O) groups is 3. The van der Waals surface area contributed by atoms with Crippen LogP contribution in [0.2, 0.25) is 0 Å². The van der Waals surface area contributed by atoms with Crippen LogP contribution in [0.15, 0.2) is 78.9 Å². The zero-order valence-corrected chi connectivity index (χ0v) is 17.1. The summed E-state index contributed by atoms with van der Waals surface area (Å²) in [6.45, 7) is 0.614. The first kappa shape index (κ1) is 21.6. The fraction of sp³-hybridized carbons (Fsp3) is 0.125. The van der Waals surface area contributed by atoms with E-state index in [1.165, 1.54) is 0 Å². The molecule has 3 N–H and O–H groups in total. The van der Waals surface area contributed by atoms with E-state index >= 15 is 0 Å². The van der Waals surface area contributed by atoms with Crippen LogP contribution < -0.4 is 20.7 Å². The van der Waals surface area contributed by atoms with E-state index in [1.807, 2.05) is 6.07 Å². The fourth-order valence-corrected chi connectivity index (χ4v) is 2.80. The molecule has 158 valence electrons. The number of amides is 3. The van der Waals surface area contributed by atoms with Gasteiger partial charge in [-0.25, -0.2) is 0 Å². The van der Waals surface area contributed by atoms with E-state index in [4.69, 9.17) is 4.74 Å². The van der Waals surface area contributed by atoms with Crippen LogP contribution in [0.25, 0.3) is 0 Å². The van der Waals surface area contributed by atoms with Crippen molar-refractivity contribution >= 4 is 23.4 Å². The highest BCUT2D eigenvalue weighted by Crippen LogP contribution is 2.14. The summed E-state index contributed by atoms with van der Waals surface area (Å²) in [5, 5.41) is 8.28. The second kappa shape index (κ2) is 10.6. The summed E-state index contributed by atoms with van der Waals surface area (Å²) < 4.78 is 5.08. The highest BCUT2D eigenvalue weighted by molar-refractivity contribution is 6.04. The van der Waals surface area contributed by atoms with Gasteiger partial charge in [-0.3, -0.25) is 14.4 Å². The van der Waals surface area contributed by atoms with Crippen LogP contribution in [0.5, 0.6) is 5.75 Å². The Labute approximate surface area is 180 Å². The van der Waals surface area contributed by atoms with Gasteiger partial charge in [0, 0.05) is 35.5 Å². The van der Waals surface area contributed by atoms with Crippen molar-refractivity contribution in [1.29, 1.82) is 0 Å². The Morgan fingerprint density at radius 3 is 1.68 bits per heavy atom. The molecule has 0 atom stereocenters. The summed E-state index contributed by atoms with van der Waals surface area (Å²) >= 11 is 0. The minimum Gasteiger partial charge on any atom is -0.497 e. The number of rotatable bonds is 8. The van der Waals surface area contributed by atoms with Crippen molar-refractivity contribution in [3.05, 3.63) is 95.6 Å². The van der Waals surface area contributed by atoms with Crippen LogP contribution >= 0.6 is 0 Å². The third-order valence-electron chi connectivity index (χ3n) is 4.49. The SMILES string of the molecule is COc1ccc(C(=O)Nc2ccc(C(=O)NCCNC(=O)c3ccccc3)cc2)cc1. The number of hydrogen-bond donors (Lipinski definition) is 3. The highest BCUT2D eigenvalue weighted by atomic mass is 16.5. The van der Waals surface area contributed by atoms with Crippen molar-refractivity contribution in [2.24, 2.45) is 0 Å². The first-order chi connectivity index (χ1) is 15.1. The van der Waals surface area contributed by atoms with Gasteiger partial charge in [0.2, 0.25) is 0 Å². The van der Waals surface area contributed by atoms with E-state index in [0.29, 0.717) is 41.2 Å². The molecule has 0 saturated carbocycles. The molecule has 3 aromatic rings. The third-order valence-corrected chi connectivity index (χ3v) is 4.49. The highest BCUT2D eigenvalue weighted by Gasteiger charge is 2.09. The van der Waals surface area contributed by atoms with E-state index in [9.17, 15) is 14.4 Å². The van der Waals surface area contributed by atoms with E-state index in [2.05, 4.69) is 16.0 Å². The number of nitrogens with one attached hydrogen (secondary N) is 3. The molecule has 0 heterocycles. The second-order valence-electron chi connectivity index (χ2n) is 6.64. The topological polar surface area (TPSA) is 96.5 Å². The molecule has 7 nitrogen and oxygen atoms in total. The van der Waals surface area contributed by atoms with Gasteiger partial charge in [-0.05, 0) is 60.7 Å². The smallest absolute Gasteiger partial charge is 0.255 e. The standard InChI is InChI=1S/C24H23N3O4/c1-31-21-13-9-19(10-14-21)24(30)27-20-11-7-18(8-12-20)23(29)26-16-15-25-22(28)17-5-3-2-4-6-17/h2-14H,15-16H2,1H3,(H,25,28)(H,26,29)(H,27,30). The van der Waals surface area contributed by atoms with Crippen molar-refractivity contribution in [2.45, 2.75) is 0 Å². The fourth-order valence-electron chi connectivity index (χ4n) is 2.80. The Hall–Kier alpha value is -4.13. The summed E-state index contributed by atoms with van der Waals surface area (Å²) in [5.74, 6) is -0.0330. The van der Waals surface area contributed by atoms with E-state index < -0.39 is 0 Å². The number of methoxy groups -OCH3 is 1. The molecule has 0 saturated heterocycles. The molecular weight excluding hydrogens is 394 g/mol. The largest absolute Gasteiger partial charge is 0.497 e. The average Bonchev–Trinajstić information content (AvgIpc) is 2.82. The van der Waals surface area contributed by atoms with Gasteiger partial charge in [0.15, 0.2) is 0 Å². The van der Waals surface area contributed by atoms with Crippen molar-refractivity contribution in [2.75, 3.05) is 25.5 Å². The molecule has 0 aliphatic heterocycles. The van der Waals surface area contributed by atoms with E-state index in [1.54, 1.807) is 79.9 Å². The zero-order valence-electron chi connectivity index (χ0n) is 17.1. The van der Waals surface area contributed by atoms with Crippen molar-refractivity contribution in [3.63, 3.8) is 0 Å². The quantitative estimate of drug-likeness (QED) is 0.491. The molecule has 0 spiro atoms. The van der Waals surface area contributed by atoms with Crippen LogP contribution in [-0.2, 0) is 0 Å². The molecule has 0 unspecified atom stereocenters. The number of ether oxygens (including phenoxy) is 1. The first-order valence-electron chi connectivity index (χ1n) is 9.74. The summed E-state index contributed by atoms with van der Waals surface area (Å²) in [4.78, 5) is 36.5. The van der Waals surface area contributed by atoms with Crippen LogP contribution in [0, 0.1) is 0 Å². The number of anilines is 1. The molecule has 3 aromatic carbocycles. The number of carbonyl (C=O) groups excluding carboxylic acids is 3. The molecule has 0 aliphatic carbocycles. The van der Waals surface area contributed by atoms with Gasteiger partial charge in [-0.2, -0.15) is 0 Å². The van der Waals surface area contributed by atoms with Crippen LogP contribution in [0.4, 0.5) is 5.69 Å². The summed E-state index contributed by atoms with van der Waals surface area (Å²) in [6.07, 6.45) is 0. The maximum atomic E-state index is 12.3. The monoisotopic (exact) mass is 417 g/mol. The van der Waals surface area contributed by atoms with Crippen molar-refractivity contribution in [1.82, 2.24) is 10.6 Å². The van der Waals surface area contributed by atoms with Gasteiger partial charge in [-0.15, -0.1) is 0 Å². The summed E-state index contributed by atoms with van der Waals surface area (Å²) in [7, 11) is 1.56. The lowest BCUT2D eigenvalue weighted by atomic mass is 10.1. The Bertz CT molecular complexity index is 1030. The maximum Gasteiger partial charge on any atom is 0.255 e. The molecule has 0 aromatic heterocycles. The number of hydrogen-bond acceptors (Lipinski definition) is 4. The van der Waals surface area contributed by atoms with Crippen molar-refractivity contribution in [3.8, 4) is 5.75 Å². The van der Waals surface area contributed by atoms with Crippen molar-refractivity contribution < 1.29 is 19.1 Å². The molecule has 0 fully saturated rings. The van der Waals surface area contributed by atoms with Gasteiger partial charge in [-0.1, -0.05) is 18.2 Å². The van der Waals surface area contributed by atoms with Crippen LogP contribution in [0.3, 0.4) is 0 Å². The average molecular weight is 417 g/mol. The molecule has 3 rings (SSSR count). The lowest BCUT2D eigenvalue weighted by molar-refractivity contribution is 0.0927. The normalized spacial score (nSPS) is 10.1. The molecule has 7 heteroatoms.